The molecular formula is C30H46N4O5. The van der Waals surface area contributed by atoms with Gasteiger partial charge in [-0.2, -0.15) is 0 Å². The molecule has 1 aromatic carbocycles. The van der Waals surface area contributed by atoms with Crippen molar-refractivity contribution in [1.82, 2.24) is 15.1 Å². The zero-order valence-corrected chi connectivity index (χ0v) is 24.6. The van der Waals surface area contributed by atoms with Crippen LogP contribution in [-0.2, 0) is 19.1 Å². The van der Waals surface area contributed by atoms with Gasteiger partial charge in [-0.1, -0.05) is 39.8 Å². The molecule has 0 unspecified atom stereocenters. The first-order valence-corrected chi connectivity index (χ1v) is 14.3. The largest absolute Gasteiger partial charge is 0.444 e. The highest BCUT2D eigenvalue weighted by atomic mass is 16.6. The zero-order chi connectivity index (χ0) is 28.9. The van der Waals surface area contributed by atoms with Crippen molar-refractivity contribution in [3.63, 3.8) is 0 Å². The van der Waals surface area contributed by atoms with Crippen molar-refractivity contribution in [3.05, 3.63) is 29.8 Å². The van der Waals surface area contributed by atoms with Crippen LogP contribution in [0.3, 0.4) is 0 Å². The van der Waals surface area contributed by atoms with Gasteiger partial charge in [0.15, 0.2) is 0 Å². The standard InChI is InChI=1S/C30H46N4O5/c1-19(2)21-10-12-23(13-11-21)31-27(36)25(20(3)4)32-26(35)22-14-17-33(18-15-22)28(37)24-9-8-16-34(24)29(38)39-30(5,6)7/h10-13,19-20,22,24-25H,8-9,14-18H2,1-7H3,(H,31,36)(H,32,35)/t24-,25+/m0/s1. The molecule has 2 saturated heterocycles. The van der Waals surface area contributed by atoms with Gasteiger partial charge in [-0.05, 0) is 76.0 Å². The van der Waals surface area contributed by atoms with Gasteiger partial charge in [-0.15, -0.1) is 0 Å². The Kier molecular flexibility index (Phi) is 10.0. The van der Waals surface area contributed by atoms with E-state index in [0.29, 0.717) is 50.5 Å². The van der Waals surface area contributed by atoms with Crippen LogP contribution < -0.4 is 10.6 Å². The number of hydrogen-bond donors (Lipinski definition) is 2. The van der Waals surface area contributed by atoms with Crippen LogP contribution in [0.15, 0.2) is 24.3 Å². The minimum absolute atomic E-state index is 0.0832. The Balaban J connectivity index is 1.53. The first kappa shape index (κ1) is 30.4. The van der Waals surface area contributed by atoms with Crippen LogP contribution in [0.5, 0.6) is 0 Å². The Morgan fingerprint density at radius 3 is 2.08 bits per heavy atom. The molecule has 1 aromatic rings. The van der Waals surface area contributed by atoms with Crippen molar-refractivity contribution < 1.29 is 23.9 Å². The van der Waals surface area contributed by atoms with Gasteiger partial charge in [0, 0.05) is 31.2 Å². The Morgan fingerprint density at radius 2 is 1.54 bits per heavy atom. The van der Waals surface area contributed by atoms with Crippen molar-refractivity contribution in [2.45, 2.75) is 97.8 Å². The zero-order valence-electron chi connectivity index (χ0n) is 24.6. The topological polar surface area (TPSA) is 108 Å². The molecule has 2 atom stereocenters. The predicted molar refractivity (Wildman–Crippen MR) is 151 cm³/mol. The molecule has 0 saturated carbocycles. The summed E-state index contributed by atoms with van der Waals surface area (Å²) in [5.74, 6) is -0.457. The molecule has 39 heavy (non-hydrogen) atoms. The molecule has 2 fully saturated rings. The molecule has 2 aliphatic rings. The van der Waals surface area contributed by atoms with Crippen molar-refractivity contribution >= 4 is 29.5 Å². The van der Waals surface area contributed by atoms with Gasteiger partial charge < -0.3 is 20.3 Å². The summed E-state index contributed by atoms with van der Waals surface area (Å²) < 4.78 is 5.50. The normalized spacial score (nSPS) is 19.3. The van der Waals surface area contributed by atoms with Gasteiger partial charge >= 0.3 is 6.09 Å². The number of benzene rings is 1. The fourth-order valence-corrected chi connectivity index (χ4v) is 5.11. The van der Waals surface area contributed by atoms with Gasteiger partial charge in [-0.3, -0.25) is 19.3 Å². The van der Waals surface area contributed by atoms with E-state index in [1.807, 2.05) is 58.9 Å². The second kappa shape index (κ2) is 12.8. The van der Waals surface area contributed by atoms with Crippen LogP contribution in [0.1, 0.15) is 85.6 Å². The number of likely N-dealkylation sites (tertiary alicyclic amines) is 2. The number of amides is 4. The van der Waals surface area contributed by atoms with E-state index in [1.54, 1.807) is 4.90 Å². The number of piperidine rings is 1. The van der Waals surface area contributed by atoms with Gasteiger partial charge in [0.1, 0.15) is 17.7 Å². The molecule has 0 spiro atoms. The summed E-state index contributed by atoms with van der Waals surface area (Å²) in [5.41, 5.74) is 1.27. The van der Waals surface area contributed by atoms with Crippen LogP contribution >= 0.6 is 0 Å². The van der Waals surface area contributed by atoms with E-state index in [-0.39, 0.29) is 29.6 Å². The molecule has 9 nitrogen and oxygen atoms in total. The van der Waals surface area contributed by atoms with Gasteiger partial charge in [0.2, 0.25) is 17.7 Å². The SMILES string of the molecule is CC(C)c1ccc(NC(=O)[C@H](NC(=O)C2CCN(C(=O)[C@@H]3CCCN3C(=O)OC(C)(C)C)CC2)C(C)C)cc1. The molecule has 0 radical (unpaired) electrons. The van der Waals surface area contributed by atoms with E-state index in [4.69, 9.17) is 4.74 Å². The van der Waals surface area contributed by atoms with Crippen LogP contribution in [0.25, 0.3) is 0 Å². The van der Waals surface area contributed by atoms with E-state index < -0.39 is 23.8 Å². The van der Waals surface area contributed by atoms with E-state index in [2.05, 4.69) is 24.5 Å². The maximum absolute atomic E-state index is 13.3. The van der Waals surface area contributed by atoms with Crippen molar-refractivity contribution in [2.24, 2.45) is 11.8 Å². The number of nitrogens with one attached hydrogen (secondary N) is 2. The molecule has 0 bridgehead atoms. The summed E-state index contributed by atoms with van der Waals surface area (Å²) in [6.45, 7) is 14.9. The number of anilines is 1. The average molecular weight is 543 g/mol. The third kappa shape index (κ3) is 8.19. The van der Waals surface area contributed by atoms with E-state index in [0.717, 1.165) is 6.42 Å². The number of nitrogens with zero attached hydrogens (tertiary/aromatic N) is 2. The highest BCUT2D eigenvalue weighted by molar-refractivity contribution is 5.97. The molecule has 0 aromatic heterocycles. The number of ether oxygens (including phenoxy) is 1. The van der Waals surface area contributed by atoms with Crippen molar-refractivity contribution in [1.29, 1.82) is 0 Å². The van der Waals surface area contributed by atoms with E-state index in [9.17, 15) is 19.2 Å². The summed E-state index contributed by atoms with van der Waals surface area (Å²) in [6, 6.07) is 6.57. The second-order valence-electron chi connectivity index (χ2n) is 12.4. The van der Waals surface area contributed by atoms with Gasteiger partial charge in [0.05, 0.1) is 0 Å². The van der Waals surface area contributed by atoms with E-state index >= 15 is 0 Å². The quantitative estimate of drug-likeness (QED) is 0.526. The number of rotatable bonds is 7. The third-order valence-corrected chi connectivity index (χ3v) is 7.44. The van der Waals surface area contributed by atoms with Gasteiger partial charge in [-0.25, -0.2) is 4.79 Å². The molecule has 2 aliphatic heterocycles. The lowest BCUT2D eigenvalue weighted by Gasteiger charge is -2.36. The lowest BCUT2D eigenvalue weighted by molar-refractivity contribution is -0.139. The average Bonchev–Trinajstić information content (AvgIpc) is 3.36. The number of carbonyl (C=O) groups is 4. The summed E-state index contributed by atoms with van der Waals surface area (Å²) >= 11 is 0. The first-order chi connectivity index (χ1) is 18.3. The number of hydrogen-bond acceptors (Lipinski definition) is 5. The Morgan fingerprint density at radius 1 is 0.923 bits per heavy atom. The summed E-state index contributed by atoms with van der Waals surface area (Å²) in [5, 5.41) is 5.88. The summed E-state index contributed by atoms with van der Waals surface area (Å²) in [6.07, 6.45) is 1.94. The highest BCUT2D eigenvalue weighted by Crippen LogP contribution is 2.26. The highest BCUT2D eigenvalue weighted by Gasteiger charge is 2.40. The molecule has 9 heteroatoms. The monoisotopic (exact) mass is 542 g/mol. The fraction of sp³-hybridized carbons (Fsp3) is 0.667. The minimum atomic E-state index is -0.664. The van der Waals surface area contributed by atoms with Crippen LogP contribution in [0.2, 0.25) is 0 Å². The maximum atomic E-state index is 13.3. The van der Waals surface area contributed by atoms with Crippen molar-refractivity contribution in [3.8, 4) is 0 Å². The second-order valence-corrected chi connectivity index (χ2v) is 12.4. The predicted octanol–water partition coefficient (Wildman–Crippen LogP) is 4.53. The smallest absolute Gasteiger partial charge is 0.410 e. The summed E-state index contributed by atoms with van der Waals surface area (Å²) in [4.78, 5) is 55.3. The van der Waals surface area contributed by atoms with Crippen LogP contribution in [-0.4, -0.2) is 70.9 Å². The van der Waals surface area contributed by atoms with Crippen LogP contribution in [0.4, 0.5) is 10.5 Å². The Labute approximate surface area is 233 Å². The Hall–Kier alpha value is -3.10. The maximum Gasteiger partial charge on any atom is 0.410 e. The molecule has 2 heterocycles. The molecular weight excluding hydrogens is 496 g/mol. The molecule has 2 N–H and O–H groups in total. The summed E-state index contributed by atoms with van der Waals surface area (Å²) in [7, 11) is 0. The fourth-order valence-electron chi connectivity index (χ4n) is 5.11. The molecule has 216 valence electrons. The van der Waals surface area contributed by atoms with Crippen molar-refractivity contribution in [2.75, 3.05) is 25.0 Å². The number of carbonyl (C=O) groups excluding carboxylic acids is 4. The van der Waals surface area contributed by atoms with Gasteiger partial charge in [0.25, 0.3) is 0 Å². The lowest BCUT2D eigenvalue weighted by Crippen LogP contribution is -2.53. The lowest BCUT2D eigenvalue weighted by atomic mass is 9.93. The molecule has 3 rings (SSSR count). The Bertz CT molecular complexity index is 1020. The molecule has 0 aliphatic carbocycles. The van der Waals surface area contributed by atoms with E-state index in [1.165, 1.54) is 10.5 Å². The minimum Gasteiger partial charge on any atom is -0.444 e. The van der Waals surface area contributed by atoms with Crippen LogP contribution in [0, 0.1) is 11.8 Å². The third-order valence-electron chi connectivity index (χ3n) is 7.44. The first-order valence-electron chi connectivity index (χ1n) is 14.3. The molecule has 4 amide bonds.